The van der Waals surface area contributed by atoms with Gasteiger partial charge in [0.25, 0.3) is 5.91 Å². The van der Waals surface area contributed by atoms with Gasteiger partial charge >= 0.3 is 0 Å². The molecule has 0 saturated carbocycles. The van der Waals surface area contributed by atoms with Crippen LogP contribution in [0, 0.1) is 0 Å². The molecule has 0 aromatic heterocycles. The van der Waals surface area contributed by atoms with Gasteiger partial charge in [-0.05, 0) is 32.0 Å². The standard InChI is InChI=1S/C12H17NO2S/c1-3-15-9(2)8-13-12(14)10-5-4-6-11(16)7-10/h4-7,9,16H,3,8H2,1-2H3,(H,13,14). The zero-order valence-electron chi connectivity index (χ0n) is 9.56. The Labute approximate surface area is 102 Å². The summed E-state index contributed by atoms with van der Waals surface area (Å²) in [6.45, 7) is 5.04. The van der Waals surface area contributed by atoms with Crippen molar-refractivity contribution in [1.82, 2.24) is 5.32 Å². The fourth-order valence-corrected chi connectivity index (χ4v) is 1.55. The van der Waals surface area contributed by atoms with Crippen molar-refractivity contribution >= 4 is 18.5 Å². The molecule has 1 N–H and O–H groups in total. The predicted molar refractivity (Wildman–Crippen MR) is 67.1 cm³/mol. The molecule has 1 aromatic rings. The lowest BCUT2D eigenvalue weighted by Gasteiger charge is -2.12. The van der Waals surface area contributed by atoms with E-state index in [1.54, 1.807) is 12.1 Å². The topological polar surface area (TPSA) is 38.3 Å². The van der Waals surface area contributed by atoms with E-state index < -0.39 is 0 Å². The van der Waals surface area contributed by atoms with Crippen LogP contribution < -0.4 is 5.32 Å². The first-order chi connectivity index (χ1) is 7.63. The Morgan fingerprint density at radius 1 is 1.56 bits per heavy atom. The molecule has 0 aliphatic heterocycles. The maximum absolute atomic E-state index is 11.7. The van der Waals surface area contributed by atoms with Crippen LogP contribution in [0.25, 0.3) is 0 Å². The van der Waals surface area contributed by atoms with Crippen molar-refractivity contribution in [3.63, 3.8) is 0 Å². The average Bonchev–Trinajstić information content (AvgIpc) is 2.26. The first-order valence-corrected chi connectivity index (χ1v) is 5.77. The van der Waals surface area contributed by atoms with Crippen LogP contribution in [0.5, 0.6) is 0 Å². The molecular weight excluding hydrogens is 222 g/mol. The van der Waals surface area contributed by atoms with E-state index in [0.717, 1.165) is 4.90 Å². The Kier molecular flexibility index (Phi) is 5.35. The summed E-state index contributed by atoms with van der Waals surface area (Å²) >= 11 is 4.19. The molecule has 3 nitrogen and oxygen atoms in total. The Morgan fingerprint density at radius 2 is 2.31 bits per heavy atom. The Morgan fingerprint density at radius 3 is 2.94 bits per heavy atom. The number of benzene rings is 1. The van der Waals surface area contributed by atoms with Gasteiger partial charge in [0.1, 0.15) is 0 Å². The summed E-state index contributed by atoms with van der Waals surface area (Å²) in [6, 6.07) is 7.15. The highest BCUT2D eigenvalue weighted by molar-refractivity contribution is 7.80. The van der Waals surface area contributed by atoms with Crippen LogP contribution in [0.1, 0.15) is 24.2 Å². The summed E-state index contributed by atoms with van der Waals surface area (Å²) < 4.78 is 5.32. The SMILES string of the molecule is CCOC(C)CNC(=O)c1cccc(S)c1. The lowest BCUT2D eigenvalue weighted by molar-refractivity contribution is 0.0695. The van der Waals surface area contributed by atoms with Gasteiger partial charge in [0.2, 0.25) is 0 Å². The molecule has 0 heterocycles. The molecule has 0 spiro atoms. The maximum Gasteiger partial charge on any atom is 0.251 e. The highest BCUT2D eigenvalue weighted by Crippen LogP contribution is 2.08. The summed E-state index contributed by atoms with van der Waals surface area (Å²) in [5, 5.41) is 2.81. The van der Waals surface area contributed by atoms with Crippen molar-refractivity contribution in [3.8, 4) is 0 Å². The minimum atomic E-state index is -0.0950. The summed E-state index contributed by atoms with van der Waals surface area (Å²) in [4.78, 5) is 12.5. The summed E-state index contributed by atoms with van der Waals surface area (Å²) in [5.41, 5.74) is 0.621. The molecule has 0 saturated heterocycles. The van der Waals surface area contributed by atoms with Gasteiger partial charge in [0, 0.05) is 23.6 Å². The molecule has 0 fully saturated rings. The fraction of sp³-hybridized carbons (Fsp3) is 0.417. The number of thiol groups is 1. The highest BCUT2D eigenvalue weighted by Gasteiger charge is 2.07. The third-order valence-corrected chi connectivity index (χ3v) is 2.39. The van der Waals surface area contributed by atoms with Crippen LogP contribution in [0.2, 0.25) is 0 Å². The van der Waals surface area contributed by atoms with Gasteiger partial charge < -0.3 is 10.1 Å². The second-order valence-electron chi connectivity index (χ2n) is 3.53. The molecule has 1 atom stereocenters. The summed E-state index contributed by atoms with van der Waals surface area (Å²) in [6.07, 6.45) is 0.0353. The van der Waals surface area contributed by atoms with E-state index in [1.807, 2.05) is 26.0 Å². The van der Waals surface area contributed by atoms with E-state index in [4.69, 9.17) is 4.74 Å². The van der Waals surface area contributed by atoms with Gasteiger partial charge in [-0.25, -0.2) is 0 Å². The first-order valence-electron chi connectivity index (χ1n) is 5.32. The van der Waals surface area contributed by atoms with E-state index in [9.17, 15) is 4.79 Å². The minimum absolute atomic E-state index is 0.0353. The molecule has 0 aliphatic rings. The minimum Gasteiger partial charge on any atom is -0.377 e. The smallest absolute Gasteiger partial charge is 0.251 e. The summed E-state index contributed by atoms with van der Waals surface area (Å²) in [5.74, 6) is -0.0950. The molecule has 0 radical (unpaired) electrons. The number of carbonyl (C=O) groups excluding carboxylic acids is 1. The molecular formula is C12H17NO2S. The van der Waals surface area contributed by atoms with Gasteiger partial charge in [-0.1, -0.05) is 6.07 Å². The number of hydrogen-bond donors (Lipinski definition) is 2. The predicted octanol–water partition coefficient (Wildman–Crippen LogP) is 2.13. The van der Waals surface area contributed by atoms with E-state index in [0.29, 0.717) is 18.7 Å². The molecule has 4 heteroatoms. The lowest BCUT2D eigenvalue weighted by atomic mass is 10.2. The number of nitrogens with one attached hydrogen (secondary N) is 1. The van der Waals surface area contributed by atoms with Crippen molar-refractivity contribution < 1.29 is 9.53 Å². The van der Waals surface area contributed by atoms with Gasteiger partial charge in [-0.2, -0.15) is 0 Å². The number of hydrogen-bond acceptors (Lipinski definition) is 3. The molecule has 1 unspecified atom stereocenters. The second kappa shape index (κ2) is 6.55. The molecule has 1 amide bonds. The number of carbonyl (C=O) groups is 1. The lowest BCUT2D eigenvalue weighted by Crippen LogP contribution is -2.32. The zero-order chi connectivity index (χ0) is 12.0. The quantitative estimate of drug-likeness (QED) is 0.773. The van der Waals surface area contributed by atoms with Crippen LogP contribution in [0.3, 0.4) is 0 Å². The van der Waals surface area contributed by atoms with E-state index in [1.165, 1.54) is 0 Å². The highest BCUT2D eigenvalue weighted by atomic mass is 32.1. The summed E-state index contributed by atoms with van der Waals surface area (Å²) in [7, 11) is 0. The van der Waals surface area contributed by atoms with Crippen LogP contribution >= 0.6 is 12.6 Å². The second-order valence-corrected chi connectivity index (χ2v) is 4.04. The monoisotopic (exact) mass is 239 g/mol. The van der Waals surface area contributed by atoms with Gasteiger partial charge in [0.05, 0.1) is 6.10 Å². The molecule has 1 aromatic carbocycles. The van der Waals surface area contributed by atoms with Gasteiger partial charge in [-0.15, -0.1) is 12.6 Å². The third kappa shape index (κ3) is 4.24. The number of rotatable bonds is 5. The largest absolute Gasteiger partial charge is 0.377 e. The van der Waals surface area contributed by atoms with E-state index >= 15 is 0 Å². The van der Waals surface area contributed by atoms with Crippen LogP contribution in [-0.4, -0.2) is 25.2 Å². The van der Waals surface area contributed by atoms with Crippen molar-refractivity contribution in [2.24, 2.45) is 0 Å². The third-order valence-electron chi connectivity index (χ3n) is 2.11. The van der Waals surface area contributed by atoms with E-state index in [-0.39, 0.29) is 12.0 Å². The first kappa shape index (κ1) is 13.1. The Balaban J connectivity index is 2.47. The van der Waals surface area contributed by atoms with Gasteiger partial charge in [0.15, 0.2) is 0 Å². The van der Waals surface area contributed by atoms with Crippen molar-refractivity contribution in [2.45, 2.75) is 24.8 Å². The maximum atomic E-state index is 11.7. The molecule has 0 bridgehead atoms. The zero-order valence-corrected chi connectivity index (χ0v) is 10.5. The molecule has 1 rings (SSSR count). The van der Waals surface area contributed by atoms with E-state index in [2.05, 4.69) is 17.9 Å². The van der Waals surface area contributed by atoms with Crippen molar-refractivity contribution in [1.29, 1.82) is 0 Å². The van der Waals surface area contributed by atoms with Crippen molar-refractivity contribution in [3.05, 3.63) is 29.8 Å². The Bertz CT molecular complexity index is 355. The molecule has 16 heavy (non-hydrogen) atoms. The fourth-order valence-electron chi connectivity index (χ4n) is 1.33. The van der Waals surface area contributed by atoms with Crippen molar-refractivity contribution in [2.75, 3.05) is 13.2 Å². The van der Waals surface area contributed by atoms with Crippen LogP contribution in [-0.2, 0) is 4.74 Å². The van der Waals surface area contributed by atoms with Crippen LogP contribution in [0.15, 0.2) is 29.2 Å². The van der Waals surface area contributed by atoms with Gasteiger partial charge in [-0.3, -0.25) is 4.79 Å². The normalized spacial score (nSPS) is 12.2. The van der Waals surface area contributed by atoms with Crippen LogP contribution in [0.4, 0.5) is 0 Å². The molecule has 88 valence electrons. The Hall–Kier alpha value is -1.00. The number of ether oxygens (including phenoxy) is 1. The number of amides is 1. The molecule has 0 aliphatic carbocycles. The average molecular weight is 239 g/mol.